The minimum atomic E-state index is -0.0537. The van der Waals surface area contributed by atoms with E-state index in [1.54, 1.807) is 0 Å². The van der Waals surface area contributed by atoms with E-state index in [1.165, 1.54) is 0 Å². The molecule has 2 N–H and O–H groups in total. The number of ether oxygens (including phenoxy) is 1. The van der Waals surface area contributed by atoms with Crippen LogP contribution in [-0.2, 0) is 4.79 Å². The van der Waals surface area contributed by atoms with Crippen molar-refractivity contribution >= 4 is 17.7 Å². The third-order valence-electron chi connectivity index (χ3n) is 8.82. The van der Waals surface area contributed by atoms with Crippen molar-refractivity contribution < 1.29 is 14.1 Å². The molecule has 5 heterocycles. The van der Waals surface area contributed by atoms with Crippen LogP contribution in [-0.4, -0.2) is 77.3 Å². The number of pyridine rings is 1. The quantitative estimate of drug-likeness (QED) is 0.509. The lowest BCUT2D eigenvalue weighted by molar-refractivity contribution is -0.135. The van der Waals surface area contributed by atoms with Gasteiger partial charge < -0.3 is 29.7 Å². The fourth-order valence-electron chi connectivity index (χ4n) is 6.29. The van der Waals surface area contributed by atoms with Gasteiger partial charge in [0.25, 0.3) is 0 Å². The van der Waals surface area contributed by atoms with E-state index in [4.69, 9.17) is 20.0 Å². The van der Waals surface area contributed by atoms with Crippen LogP contribution >= 0.6 is 0 Å². The van der Waals surface area contributed by atoms with Gasteiger partial charge in [-0.05, 0) is 62.5 Å². The zero-order chi connectivity index (χ0) is 27.5. The van der Waals surface area contributed by atoms with Gasteiger partial charge in [-0.15, -0.1) is 0 Å². The molecule has 3 aliphatic heterocycles. The van der Waals surface area contributed by atoms with E-state index in [0.717, 1.165) is 81.2 Å². The van der Waals surface area contributed by atoms with E-state index in [0.29, 0.717) is 37.4 Å². The fraction of sp³-hybridized carbons (Fsp3) is 0.724. The third-order valence-corrected chi connectivity index (χ3v) is 8.82. The van der Waals surface area contributed by atoms with E-state index in [-0.39, 0.29) is 23.9 Å². The molecule has 10 nitrogen and oxygen atoms in total. The Labute approximate surface area is 232 Å². The summed E-state index contributed by atoms with van der Waals surface area (Å²) in [5, 5.41) is 4.11. The molecule has 0 bridgehead atoms. The maximum Gasteiger partial charge on any atom is 0.324 e. The largest absolute Gasteiger partial charge is 0.492 e. The molecule has 214 valence electrons. The first-order valence-electron chi connectivity index (χ1n) is 14.8. The Kier molecular flexibility index (Phi) is 8.59. The Morgan fingerprint density at radius 1 is 1.13 bits per heavy atom. The first-order chi connectivity index (χ1) is 18.8. The summed E-state index contributed by atoms with van der Waals surface area (Å²) in [6.07, 6.45) is 7.78. The Morgan fingerprint density at radius 3 is 2.62 bits per heavy atom. The average molecular weight is 540 g/mol. The Morgan fingerprint density at radius 2 is 1.92 bits per heavy atom. The zero-order valence-corrected chi connectivity index (χ0v) is 24.0. The molecule has 0 spiro atoms. The molecule has 2 aromatic rings. The van der Waals surface area contributed by atoms with Crippen LogP contribution < -0.4 is 20.3 Å². The van der Waals surface area contributed by atoms with Crippen molar-refractivity contribution in [1.29, 1.82) is 0 Å². The van der Waals surface area contributed by atoms with Crippen LogP contribution in [0.15, 0.2) is 16.8 Å². The van der Waals surface area contributed by atoms with Crippen molar-refractivity contribution in [1.82, 2.24) is 20.0 Å². The summed E-state index contributed by atoms with van der Waals surface area (Å²) in [7, 11) is 0. The van der Waals surface area contributed by atoms with Gasteiger partial charge in [-0.25, -0.2) is 4.98 Å². The van der Waals surface area contributed by atoms with E-state index >= 15 is 0 Å². The summed E-state index contributed by atoms with van der Waals surface area (Å²) in [5.41, 5.74) is 7.56. The van der Waals surface area contributed by atoms with Gasteiger partial charge in [0.1, 0.15) is 11.6 Å². The molecule has 0 radical (unpaired) electrons. The maximum atomic E-state index is 12.4. The lowest BCUT2D eigenvalue weighted by Gasteiger charge is -2.34. The number of piperidine rings is 2. The SMILES string of the molecule is Cc1cc(OCC[C@@H](C)C2CCN(c3nc(C(C)C)no3)CC2)cnc1N1C[C@H](N)[C@@H](N2CCCCC2=O)C1. The molecule has 0 aliphatic carbocycles. The second-order valence-electron chi connectivity index (χ2n) is 12.0. The summed E-state index contributed by atoms with van der Waals surface area (Å²) < 4.78 is 11.6. The molecule has 3 aliphatic rings. The van der Waals surface area contributed by atoms with Crippen molar-refractivity contribution in [2.24, 2.45) is 17.6 Å². The molecule has 39 heavy (non-hydrogen) atoms. The van der Waals surface area contributed by atoms with Crippen LogP contribution in [0.5, 0.6) is 5.75 Å². The Bertz CT molecular complexity index is 1110. The highest BCUT2D eigenvalue weighted by Crippen LogP contribution is 2.31. The average Bonchev–Trinajstić information content (AvgIpc) is 3.57. The number of anilines is 2. The van der Waals surface area contributed by atoms with Gasteiger partial charge >= 0.3 is 6.01 Å². The Balaban J connectivity index is 1.07. The number of carbonyl (C=O) groups excluding carboxylic acids is 1. The van der Waals surface area contributed by atoms with Gasteiger partial charge in [0.15, 0.2) is 5.82 Å². The minimum absolute atomic E-state index is 0.0537. The van der Waals surface area contributed by atoms with Gasteiger partial charge in [0, 0.05) is 51.1 Å². The van der Waals surface area contributed by atoms with Gasteiger partial charge in [0.2, 0.25) is 5.91 Å². The number of nitrogens with zero attached hydrogens (tertiary/aromatic N) is 6. The van der Waals surface area contributed by atoms with E-state index < -0.39 is 0 Å². The van der Waals surface area contributed by atoms with Crippen molar-refractivity contribution in [3.63, 3.8) is 0 Å². The van der Waals surface area contributed by atoms with Crippen LogP contribution in [0, 0.1) is 18.8 Å². The van der Waals surface area contributed by atoms with Crippen LogP contribution in [0.3, 0.4) is 0 Å². The molecule has 3 fully saturated rings. The second-order valence-corrected chi connectivity index (χ2v) is 12.0. The Hall–Kier alpha value is -2.88. The van der Waals surface area contributed by atoms with Crippen molar-refractivity contribution in [2.45, 2.75) is 84.2 Å². The smallest absolute Gasteiger partial charge is 0.324 e. The van der Waals surface area contributed by atoms with Crippen molar-refractivity contribution in [2.75, 3.05) is 49.1 Å². The van der Waals surface area contributed by atoms with E-state index in [1.807, 2.05) is 11.1 Å². The molecule has 3 saturated heterocycles. The monoisotopic (exact) mass is 539 g/mol. The summed E-state index contributed by atoms with van der Waals surface area (Å²) in [6.45, 7) is 13.4. The van der Waals surface area contributed by atoms with Crippen molar-refractivity contribution in [3.05, 3.63) is 23.7 Å². The molecule has 10 heteroatoms. The number of hydrogen-bond donors (Lipinski definition) is 1. The number of rotatable bonds is 9. The molecule has 3 atom stereocenters. The third kappa shape index (κ3) is 6.31. The van der Waals surface area contributed by atoms with Gasteiger partial charge in [-0.1, -0.05) is 25.9 Å². The molecule has 5 rings (SSSR count). The number of carbonyl (C=O) groups is 1. The molecule has 0 aromatic carbocycles. The highest BCUT2D eigenvalue weighted by molar-refractivity contribution is 5.77. The summed E-state index contributed by atoms with van der Waals surface area (Å²) in [4.78, 5) is 28.2. The van der Waals surface area contributed by atoms with Gasteiger partial charge in [-0.2, -0.15) is 4.98 Å². The molecule has 2 aromatic heterocycles. The predicted octanol–water partition coefficient (Wildman–Crippen LogP) is 3.75. The zero-order valence-electron chi connectivity index (χ0n) is 24.0. The van der Waals surface area contributed by atoms with Crippen molar-refractivity contribution in [3.8, 4) is 5.75 Å². The van der Waals surface area contributed by atoms with E-state index in [2.05, 4.69) is 53.7 Å². The first kappa shape index (κ1) is 27.7. The van der Waals surface area contributed by atoms with Crippen LogP contribution in [0.25, 0.3) is 0 Å². The fourth-order valence-corrected chi connectivity index (χ4v) is 6.29. The van der Waals surface area contributed by atoms with Gasteiger partial charge in [-0.3, -0.25) is 4.79 Å². The molecule has 0 unspecified atom stereocenters. The second kappa shape index (κ2) is 12.1. The summed E-state index contributed by atoms with van der Waals surface area (Å²) in [6, 6.07) is 2.74. The highest BCUT2D eigenvalue weighted by Gasteiger charge is 2.38. The molecular formula is C29H45N7O3. The molecule has 1 amide bonds. The number of aromatic nitrogens is 3. The highest BCUT2D eigenvalue weighted by atomic mass is 16.5. The number of nitrogens with two attached hydrogens (primary N) is 1. The molecular weight excluding hydrogens is 494 g/mol. The summed E-state index contributed by atoms with van der Waals surface area (Å²) >= 11 is 0. The maximum absolute atomic E-state index is 12.4. The van der Waals surface area contributed by atoms with Crippen LogP contribution in [0.4, 0.5) is 11.8 Å². The summed E-state index contributed by atoms with van der Waals surface area (Å²) in [5.74, 6) is 4.28. The van der Waals surface area contributed by atoms with Gasteiger partial charge in [0.05, 0.1) is 18.8 Å². The van der Waals surface area contributed by atoms with Crippen LogP contribution in [0.2, 0.25) is 0 Å². The normalized spacial score (nSPS) is 23.6. The number of amides is 1. The topological polar surface area (TPSA) is 114 Å². The standard InChI is InChI=1S/C29H45N7O3/c1-19(2)27-32-29(39-33-27)34-12-8-22(9-13-34)20(3)10-14-38-23-15-21(4)28(31-16-23)35-17-24(30)25(18-35)36-11-6-5-7-26(36)37/h15-16,19-20,22,24-25H,5-14,17-18,30H2,1-4H3/t20-,24+,25+/m1/s1. The molecule has 0 saturated carbocycles. The minimum Gasteiger partial charge on any atom is -0.492 e. The first-order valence-corrected chi connectivity index (χ1v) is 14.8. The predicted molar refractivity (Wildman–Crippen MR) is 151 cm³/mol. The number of hydrogen-bond acceptors (Lipinski definition) is 9. The number of aryl methyl sites for hydroxylation is 1. The van der Waals surface area contributed by atoms with E-state index in [9.17, 15) is 4.79 Å². The lowest BCUT2D eigenvalue weighted by atomic mass is 9.84. The lowest BCUT2D eigenvalue weighted by Crippen LogP contribution is -2.51. The number of likely N-dealkylation sites (tertiary alicyclic amines) is 1. The van der Waals surface area contributed by atoms with Crippen LogP contribution in [0.1, 0.15) is 76.6 Å².